The van der Waals surface area contributed by atoms with Gasteiger partial charge in [-0.15, -0.1) is 0 Å². The molecule has 3 rings (SSSR count). The Hall–Kier alpha value is -3.20. The third kappa shape index (κ3) is 8.92. The van der Waals surface area contributed by atoms with E-state index in [1.165, 1.54) is 9.80 Å². The smallest absolute Gasteiger partial charge is 0.354 e. The maximum absolute atomic E-state index is 13.4. The maximum Gasteiger partial charge on any atom is 0.471 e. The van der Waals surface area contributed by atoms with Gasteiger partial charge in [0, 0.05) is 26.2 Å². The molecule has 2 saturated heterocycles. The number of carbonyl (C=O) groups excluding carboxylic acids is 3. The van der Waals surface area contributed by atoms with Gasteiger partial charge in [0.15, 0.2) is 5.96 Å². The Bertz CT molecular complexity index is 1160. The monoisotopic (exact) mass is 574 g/mol. The van der Waals surface area contributed by atoms with Crippen LogP contribution in [0.2, 0.25) is 0 Å². The quantitative estimate of drug-likeness (QED) is 0.263. The zero-order valence-electron chi connectivity index (χ0n) is 21.5. The molecule has 39 heavy (non-hydrogen) atoms. The van der Waals surface area contributed by atoms with Crippen LogP contribution in [0, 0.1) is 11.3 Å². The summed E-state index contributed by atoms with van der Waals surface area (Å²) in [6, 6.07) is 7.15. The second-order valence-electron chi connectivity index (χ2n) is 9.80. The topological polar surface area (TPSA) is 152 Å². The van der Waals surface area contributed by atoms with Gasteiger partial charge in [-0.3, -0.25) is 25.1 Å². The molecule has 2 heterocycles. The zero-order chi connectivity index (χ0) is 28.8. The summed E-state index contributed by atoms with van der Waals surface area (Å²) in [6.07, 6.45) is -1.98. The van der Waals surface area contributed by atoms with Gasteiger partial charge in [-0.1, -0.05) is 30.3 Å². The van der Waals surface area contributed by atoms with Crippen LogP contribution in [-0.4, -0.2) is 92.6 Å². The summed E-state index contributed by atoms with van der Waals surface area (Å²) in [5.74, 6) is -3.65. The highest BCUT2D eigenvalue weighted by Gasteiger charge is 2.40. The molecule has 216 valence electrons. The van der Waals surface area contributed by atoms with Crippen molar-refractivity contribution in [2.24, 2.45) is 5.92 Å². The highest BCUT2D eigenvalue weighted by atomic mass is 32.2. The molecular weight excluding hydrogens is 541 g/mol. The Morgan fingerprint density at radius 1 is 1.08 bits per heavy atom. The maximum atomic E-state index is 13.4. The van der Waals surface area contributed by atoms with E-state index in [-0.39, 0.29) is 37.9 Å². The van der Waals surface area contributed by atoms with Crippen LogP contribution >= 0.6 is 0 Å². The molecule has 2 fully saturated rings. The molecule has 0 aliphatic carbocycles. The number of nitrogens with one attached hydrogen (secondary N) is 4. The van der Waals surface area contributed by atoms with Crippen molar-refractivity contribution in [1.82, 2.24) is 25.2 Å². The van der Waals surface area contributed by atoms with E-state index < -0.39 is 46.1 Å². The molecule has 0 radical (unpaired) electrons. The molecule has 0 unspecified atom stereocenters. The van der Waals surface area contributed by atoms with Crippen molar-refractivity contribution in [2.45, 2.75) is 50.4 Å². The normalized spacial score (nSPS) is 19.4. The Kier molecular flexibility index (Phi) is 9.93. The number of piperidine rings is 1. The number of likely N-dealkylation sites (tertiary alicyclic amines) is 2. The van der Waals surface area contributed by atoms with Crippen LogP contribution in [0.5, 0.6) is 0 Å². The summed E-state index contributed by atoms with van der Waals surface area (Å²) >= 11 is 0. The van der Waals surface area contributed by atoms with E-state index in [4.69, 9.17) is 5.41 Å². The van der Waals surface area contributed by atoms with Gasteiger partial charge in [0.2, 0.25) is 21.8 Å². The minimum Gasteiger partial charge on any atom is -0.354 e. The van der Waals surface area contributed by atoms with E-state index in [0.29, 0.717) is 32.2 Å². The van der Waals surface area contributed by atoms with Gasteiger partial charge in [-0.05, 0) is 43.6 Å². The van der Waals surface area contributed by atoms with Crippen LogP contribution in [0.4, 0.5) is 13.2 Å². The van der Waals surface area contributed by atoms with Crippen molar-refractivity contribution in [3.05, 3.63) is 35.9 Å². The fourth-order valence-corrected chi connectivity index (χ4v) is 5.47. The molecule has 1 aromatic carbocycles. The molecule has 1 aromatic rings. The van der Waals surface area contributed by atoms with Gasteiger partial charge in [0.05, 0.1) is 6.26 Å². The molecule has 3 amide bonds. The number of amides is 3. The van der Waals surface area contributed by atoms with Crippen molar-refractivity contribution in [1.29, 1.82) is 5.41 Å². The molecule has 2 aliphatic rings. The van der Waals surface area contributed by atoms with E-state index in [2.05, 4.69) is 10.0 Å². The molecule has 4 N–H and O–H groups in total. The molecular formula is C24H33F3N6O5S. The number of hydrogen-bond acceptors (Lipinski definition) is 6. The lowest BCUT2D eigenvalue weighted by molar-refractivity contribution is -0.172. The first kappa shape index (κ1) is 30.3. The van der Waals surface area contributed by atoms with Gasteiger partial charge >= 0.3 is 12.1 Å². The number of sulfonamides is 1. The predicted molar refractivity (Wildman–Crippen MR) is 136 cm³/mol. The SMILES string of the molecule is CS(=O)(=O)N[C@H](Cc1ccccc1)C(=O)N1CCC[C@H]1C(=O)NCC1CCN(C(=N)NC(=O)C(F)(F)F)CC1. The third-order valence-corrected chi connectivity index (χ3v) is 7.47. The van der Waals surface area contributed by atoms with Crippen LogP contribution in [0.25, 0.3) is 0 Å². The second-order valence-corrected chi connectivity index (χ2v) is 11.6. The minimum absolute atomic E-state index is 0.000368. The number of rotatable bonds is 8. The first-order valence-electron chi connectivity index (χ1n) is 12.6. The highest BCUT2D eigenvalue weighted by molar-refractivity contribution is 7.88. The molecule has 0 spiro atoms. The molecule has 11 nitrogen and oxygen atoms in total. The van der Waals surface area contributed by atoms with Crippen LogP contribution in [0.1, 0.15) is 31.2 Å². The summed E-state index contributed by atoms with van der Waals surface area (Å²) in [6.45, 7) is 1.08. The summed E-state index contributed by atoms with van der Waals surface area (Å²) in [7, 11) is -3.70. The third-order valence-electron chi connectivity index (χ3n) is 6.76. The lowest BCUT2D eigenvalue weighted by Gasteiger charge is -2.34. The van der Waals surface area contributed by atoms with Crippen LogP contribution in [0.15, 0.2) is 30.3 Å². The van der Waals surface area contributed by atoms with Crippen molar-refractivity contribution >= 4 is 33.7 Å². The fourth-order valence-electron chi connectivity index (χ4n) is 4.77. The minimum atomic E-state index is -5.08. The summed E-state index contributed by atoms with van der Waals surface area (Å²) in [5.41, 5.74) is 0.768. The number of guanidine groups is 1. The van der Waals surface area contributed by atoms with Crippen LogP contribution in [-0.2, 0) is 30.8 Å². The number of carbonyl (C=O) groups is 3. The van der Waals surface area contributed by atoms with E-state index in [1.807, 2.05) is 6.07 Å². The molecule has 2 atom stereocenters. The molecule has 0 aromatic heterocycles. The standard InChI is InChI=1S/C24H33F3N6O5S/c1-39(37,38)31-18(14-16-6-3-2-4-7-16)21(35)33-11-5-8-19(33)20(34)29-15-17-9-12-32(13-10-17)23(28)30-22(36)24(25,26)27/h2-4,6-7,17-19,31H,5,8-15H2,1H3,(H,29,34)(H2,28,30,36)/t18-,19+/m1/s1. The Morgan fingerprint density at radius 2 is 1.72 bits per heavy atom. The number of halogens is 3. The Morgan fingerprint density at radius 3 is 2.31 bits per heavy atom. The van der Waals surface area contributed by atoms with Gasteiger partial charge < -0.3 is 15.1 Å². The van der Waals surface area contributed by atoms with Crippen molar-refractivity contribution in [3.8, 4) is 0 Å². The van der Waals surface area contributed by atoms with Gasteiger partial charge in [-0.2, -0.15) is 13.2 Å². The van der Waals surface area contributed by atoms with Crippen molar-refractivity contribution in [2.75, 3.05) is 32.4 Å². The molecule has 2 aliphatic heterocycles. The zero-order valence-corrected chi connectivity index (χ0v) is 22.3. The van der Waals surface area contributed by atoms with E-state index in [0.717, 1.165) is 11.8 Å². The van der Waals surface area contributed by atoms with E-state index >= 15 is 0 Å². The van der Waals surface area contributed by atoms with E-state index in [1.54, 1.807) is 29.6 Å². The number of nitrogens with zero attached hydrogens (tertiary/aromatic N) is 2. The summed E-state index contributed by atoms with van der Waals surface area (Å²) in [5, 5.41) is 12.1. The number of benzene rings is 1. The first-order chi connectivity index (χ1) is 18.2. The lowest BCUT2D eigenvalue weighted by Crippen LogP contribution is -2.54. The highest BCUT2D eigenvalue weighted by Crippen LogP contribution is 2.22. The van der Waals surface area contributed by atoms with Gasteiger partial charge in [0.25, 0.3) is 0 Å². The number of hydrogen-bond donors (Lipinski definition) is 4. The Balaban J connectivity index is 1.53. The number of alkyl halides is 3. The average Bonchev–Trinajstić information content (AvgIpc) is 3.36. The average molecular weight is 575 g/mol. The summed E-state index contributed by atoms with van der Waals surface area (Å²) in [4.78, 5) is 40.2. The van der Waals surface area contributed by atoms with Crippen LogP contribution in [0.3, 0.4) is 0 Å². The van der Waals surface area contributed by atoms with Crippen molar-refractivity contribution < 1.29 is 36.0 Å². The fraction of sp³-hybridized carbons (Fsp3) is 0.583. The van der Waals surface area contributed by atoms with E-state index in [9.17, 15) is 36.0 Å². The van der Waals surface area contributed by atoms with Crippen molar-refractivity contribution in [3.63, 3.8) is 0 Å². The first-order valence-corrected chi connectivity index (χ1v) is 14.4. The second kappa shape index (κ2) is 12.8. The Labute approximate surface area is 225 Å². The molecule has 0 saturated carbocycles. The molecule has 15 heteroatoms. The lowest BCUT2D eigenvalue weighted by atomic mass is 9.96. The van der Waals surface area contributed by atoms with Gasteiger partial charge in [-0.25, -0.2) is 13.1 Å². The predicted octanol–water partition coefficient (Wildman–Crippen LogP) is 0.579. The molecule has 0 bridgehead atoms. The summed E-state index contributed by atoms with van der Waals surface area (Å²) < 4.78 is 63.6. The van der Waals surface area contributed by atoms with Gasteiger partial charge in [0.1, 0.15) is 12.1 Å². The largest absolute Gasteiger partial charge is 0.471 e. The van der Waals surface area contributed by atoms with Crippen LogP contribution < -0.4 is 15.4 Å².